The van der Waals surface area contributed by atoms with Crippen LogP contribution in [0.2, 0.25) is 5.02 Å². The minimum atomic E-state index is -0.699. The Kier molecular flexibility index (Phi) is 3.81. The Balaban J connectivity index is 2.53. The first kappa shape index (κ1) is 14.1. The van der Waals surface area contributed by atoms with Crippen LogP contribution in [0.25, 0.3) is 0 Å². The fourth-order valence-corrected chi connectivity index (χ4v) is 2.09. The highest BCUT2D eigenvalue weighted by molar-refractivity contribution is 6.34. The fraction of sp³-hybridized carbons (Fsp3) is 0.0714. The highest BCUT2D eigenvalue weighted by Gasteiger charge is 2.15. The Morgan fingerprint density at radius 2 is 2.00 bits per heavy atom. The Morgan fingerprint density at radius 3 is 2.65 bits per heavy atom. The number of rotatable bonds is 3. The van der Waals surface area contributed by atoms with E-state index in [4.69, 9.17) is 23.1 Å². The summed E-state index contributed by atoms with van der Waals surface area (Å²) in [4.78, 5) is 11.4. The molecule has 0 bridgehead atoms. The largest absolute Gasteiger partial charge is 0.399 e. The molecule has 0 aliphatic heterocycles. The van der Waals surface area contributed by atoms with Gasteiger partial charge in [-0.1, -0.05) is 17.7 Å². The van der Waals surface area contributed by atoms with Crippen LogP contribution in [0.1, 0.15) is 15.9 Å². The van der Waals surface area contributed by atoms with E-state index in [9.17, 15) is 9.18 Å². The molecule has 0 aromatic heterocycles. The fourth-order valence-electron chi connectivity index (χ4n) is 1.82. The number of primary amides is 1. The summed E-state index contributed by atoms with van der Waals surface area (Å²) in [6.07, 6.45) is 0. The minimum absolute atomic E-state index is 0.107. The molecule has 2 aromatic rings. The second-order valence-corrected chi connectivity index (χ2v) is 4.81. The van der Waals surface area contributed by atoms with Crippen LogP contribution in [0.3, 0.4) is 0 Å². The predicted octanol–water partition coefficient (Wildman–Crippen LogP) is 3.21. The molecule has 1 amide bonds. The Bertz CT molecular complexity index is 688. The van der Waals surface area contributed by atoms with Crippen LogP contribution in [0.15, 0.2) is 30.3 Å². The van der Waals surface area contributed by atoms with E-state index in [1.54, 1.807) is 12.1 Å². The molecule has 5 N–H and O–H groups in total. The second kappa shape index (κ2) is 5.38. The van der Waals surface area contributed by atoms with Gasteiger partial charge in [0.05, 0.1) is 22.0 Å². The van der Waals surface area contributed by atoms with Gasteiger partial charge in [-0.15, -0.1) is 0 Å². The quantitative estimate of drug-likeness (QED) is 0.760. The summed E-state index contributed by atoms with van der Waals surface area (Å²) in [5.74, 6) is -1.16. The third-order valence-electron chi connectivity index (χ3n) is 2.76. The van der Waals surface area contributed by atoms with E-state index in [0.29, 0.717) is 5.69 Å². The predicted molar refractivity (Wildman–Crippen MR) is 78.8 cm³/mol. The molecule has 0 saturated heterocycles. The molecule has 0 atom stereocenters. The number of carbonyl (C=O) groups is 1. The number of hydrogen-bond acceptors (Lipinski definition) is 3. The lowest BCUT2D eigenvalue weighted by Crippen LogP contribution is -2.14. The van der Waals surface area contributed by atoms with Crippen molar-refractivity contribution in [3.8, 4) is 0 Å². The van der Waals surface area contributed by atoms with Crippen LogP contribution >= 0.6 is 11.6 Å². The number of hydrogen-bond donors (Lipinski definition) is 3. The maximum atomic E-state index is 13.8. The van der Waals surface area contributed by atoms with Crippen molar-refractivity contribution in [2.24, 2.45) is 5.73 Å². The Hall–Kier alpha value is -2.27. The van der Waals surface area contributed by atoms with E-state index in [-0.39, 0.29) is 22.0 Å². The lowest BCUT2D eigenvalue weighted by molar-refractivity contribution is 0.100. The van der Waals surface area contributed by atoms with Crippen molar-refractivity contribution in [2.75, 3.05) is 11.1 Å². The van der Waals surface area contributed by atoms with E-state index in [1.165, 1.54) is 18.2 Å². The first-order valence-corrected chi connectivity index (χ1v) is 6.18. The van der Waals surface area contributed by atoms with Gasteiger partial charge in [-0.3, -0.25) is 4.79 Å². The van der Waals surface area contributed by atoms with Gasteiger partial charge in [0.25, 0.3) is 5.91 Å². The standard InChI is InChI=1S/C14H13ClFN3O/c1-7-2-3-11(16)12(4-7)19-13-9(14(18)20)5-8(17)6-10(13)15/h2-6,19H,17H2,1H3,(H2,18,20). The minimum Gasteiger partial charge on any atom is -0.399 e. The van der Waals surface area contributed by atoms with E-state index in [0.717, 1.165) is 5.56 Å². The molecule has 6 heteroatoms. The van der Waals surface area contributed by atoms with Crippen LogP contribution in [0.5, 0.6) is 0 Å². The van der Waals surface area contributed by atoms with Crippen LogP contribution in [0.4, 0.5) is 21.5 Å². The molecule has 2 aromatic carbocycles. The smallest absolute Gasteiger partial charge is 0.250 e. The topological polar surface area (TPSA) is 81.1 Å². The van der Waals surface area contributed by atoms with Crippen molar-refractivity contribution in [3.63, 3.8) is 0 Å². The summed E-state index contributed by atoms with van der Waals surface area (Å²) < 4.78 is 13.8. The van der Waals surface area contributed by atoms with Gasteiger partial charge in [0, 0.05) is 5.69 Å². The molecular formula is C14H13ClFN3O. The number of halogens is 2. The number of nitrogens with two attached hydrogens (primary N) is 2. The van der Waals surface area contributed by atoms with E-state index < -0.39 is 11.7 Å². The lowest BCUT2D eigenvalue weighted by Gasteiger charge is -2.14. The first-order chi connectivity index (χ1) is 9.38. The summed E-state index contributed by atoms with van der Waals surface area (Å²) in [6, 6.07) is 7.42. The molecule has 20 heavy (non-hydrogen) atoms. The SMILES string of the molecule is Cc1ccc(F)c(Nc2c(Cl)cc(N)cc2C(N)=O)c1. The molecule has 2 rings (SSSR count). The van der Waals surface area contributed by atoms with Crippen LogP contribution in [-0.2, 0) is 0 Å². The highest BCUT2D eigenvalue weighted by atomic mass is 35.5. The molecule has 0 unspecified atom stereocenters. The van der Waals surface area contributed by atoms with Crippen molar-refractivity contribution in [1.82, 2.24) is 0 Å². The number of aryl methyl sites for hydroxylation is 1. The van der Waals surface area contributed by atoms with Gasteiger partial charge in [0.1, 0.15) is 5.82 Å². The molecule has 0 aliphatic carbocycles. The number of anilines is 3. The van der Waals surface area contributed by atoms with Crippen molar-refractivity contribution in [2.45, 2.75) is 6.92 Å². The van der Waals surface area contributed by atoms with Gasteiger partial charge in [0.15, 0.2) is 0 Å². The number of amides is 1. The van der Waals surface area contributed by atoms with E-state index in [2.05, 4.69) is 5.32 Å². The average Bonchev–Trinajstić information content (AvgIpc) is 2.36. The third kappa shape index (κ3) is 2.83. The summed E-state index contributed by atoms with van der Waals surface area (Å²) in [7, 11) is 0. The zero-order chi connectivity index (χ0) is 14.9. The number of nitrogens with one attached hydrogen (secondary N) is 1. The molecule has 0 spiro atoms. The van der Waals surface area contributed by atoms with Crippen molar-refractivity contribution in [3.05, 3.63) is 52.3 Å². The normalized spacial score (nSPS) is 10.3. The van der Waals surface area contributed by atoms with Gasteiger partial charge < -0.3 is 16.8 Å². The van der Waals surface area contributed by atoms with Gasteiger partial charge in [0.2, 0.25) is 0 Å². The monoisotopic (exact) mass is 293 g/mol. The summed E-state index contributed by atoms with van der Waals surface area (Å²) in [5.41, 5.74) is 12.6. The van der Waals surface area contributed by atoms with Crippen molar-refractivity contribution < 1.29 is 9.18 Å². The Labute approximate surface area is 120 Å². The van der Waals surface area contributed by atoms with Crippen LogP contribution in [-0.4, -0.2) is 5.91 Å². The van der Waals surface area contributed by atoms with Gasteiger partial charge in [-0.05, 0) is 36.8 Å². The molecular weight excluding hydrogens is 281 g/mol. The number of carbonyl (C=O) groups excluding carboxylic acids is 1. The first-order valence-electron chi connectivity index (χ1n) is 5.80. The number of benzene rings is 2. The van der Waals surface area contributed by atoms with E-state index >= 15 is 0 Å². The molecule has 104 valence electrons. The highest BCUT2D eigenvalue weighted by Crippen LogP contribution is 2.32. The lowest BCUT2D eigenvalue weighted by atomic mass is 10.1. The van der Waals surface area contributed by atoms with Crippen molar-refractivity contribution in [1.29, 1.82) is 0 Å². The Morgan fingerprint density at radius 1 is 1.30 bits per heavy atom. The second-order valence-electron chi connectivity index (χ2n) is 4.40. The zero-order valence-corrected chi connectivity index (χ0v) is 11.5. The molecule has 0 fully saturated rings. The summed E-state index contributed by atoms with van der Waals surface area (Å²) >= 11 is 6.05. The molecule has 4 nitrogen and oxygen atoms in total. The number of nitrogen functional groups attached to an aromatic ring is 1. The molecule has 0 radical (unpaired) electrons. The maximum Gasteiger partial charge on any atom is 0.250 e. The van der Waals surface area contributed by atoms with Gasteiger partial charge in [-0.25, -0.2) is 4.39 Å². The van der Waals surface area contributed by atoms with Gasteiger partial charge in [-0.2, -0.15) is 0 Å². The third-order valence-corrected chi connectivity index (χ3v) is 3.06. The molecule has 0 heterocycles. The molecule has 0 aliphatic rings. The average molecular weight is 294 g/mol. The van der Waals surface area contributed by atoms with Gasteiger partial charge >= 0.3 is 0 Å². The summed E-state index contributed by atoms with van der Waals surface area (Å²) in [5, 5.41) is 2.99. The molecule has 0 saturated carbocycles. The zero-order valence-electron chi connectivity index (χ0n) is 10.7. The van der Waals surface area contributed by atoms with Crippen molar-refractivity contribution >= 4 is 34.6 Å². The van der Waals surface area contributed by atoms with Crippen LogP contribution < -0.4 is 16.8 Å². The van der Waals surface area contributed by atoms with E-state index in [1.807, 2.05) is 6.92 Å². The summed E-state index contributed by atoms with van der Waals surface area (Å²) in [6.45, 7) is 1.82. The maximum absolute atomic E-state index is 13.8. The van der Waals surface area contributed by atoms with Crippen LogP contribution in [0, 0.1) is 12.7 Å².